The van der Waals surface area contributed by atoms with Crippen LogP contribution in [0.1, 0.15) is 45.1 Å². The minimum absolute atomic E-state index is 0.0255. The van der Waals surface area contributed by atoms with E-state index in [2.05, 4.69) is 11.9 Å². The largest absolute Gasteiger partial charge is 0.394 e. The van der Waals surface area contributed by atoms with Gasteiger partial charge in [-0.15, -0.1) is 0 Å². The standard InChI is InChI=1S/C14H23N3O2/c1-2-4-12(16-8-6-15-11-16)9-14(19)17-7-3-5-13(17)10-18/h6,8,11-13,18H,2-5,7,9-10H2,1H3. The molecule has 1 aromatic heterocycles. The van der Waals surface area contributed by atoms with Crippen LogP contribution in [0.5, 0.6) is 0 Å². The Morgan fingerprint density at radius 1 is 1.58 bits per heavy atom. The van der Waals surface area contributed by atoms with Gasteiger partial charge in [0.15, 0.2) is 0 Å². The molecule has 2 unspecified atom stereocenters. The molecule has 5 heteroatoms. The lowest BCUT2D eigenvalue weighted by molar-refractivity contribution is -0.133. The molecule has 106 valence electrons. The van der Waals surface area contributed by atoms with Crippen LogP contribution in [0.2, 0.25) is 0 Å². The lowest BCUT2D eigenvalue weighted by atomic mass is 10.1. The van der Waals surface area contributed by atoms with E-state index >= 15 is 0 Å². The Hall–Kier alpha value is -1.36. The smallest absolute Gasteiger partial charge is 0.224 e. The van der Waals surface area contributed by atoms with Gasteiger partial charge < -0.3 is 14.6 Å². The van der Waals surface area contributed by atoms with Gasteiger partial charge in [-0.3, -0.25) is 4.79 Å². The first-order chi connectivity index (χ1) is 9.26. The molecule has 2 rings (SSSR count). The molecule has 1 saturated heterocycles. The molecule has 5 nitrogen and oxygen atoms in total. The highest BCUT2D eigenvalue weighted by molar-refractivity contribution is 5.77. The van der Waals surface area contributed by atoms with Crippen LogP contribution in [-0.4, -0.2) is 44.7 Å². The van der Waals surface area contributed by atoms with Crippen molar-refractivity contribution in [2.24, 2.45) is 0 Å². The Bertz CT molecular complexity index is 391. The first-order valence-electron chi connectivity index (χ1n) is 7.14. The van der Waals surface area contributed by atoms with Gasteiger partial charge in [-0.1, -0.05) is 13.3 Å². The summed E-state index contributed by atoms with van der Waals surface area (Å²) in [6.45, 7) is 2.99. The van der Waals surface area contributed by atoms with Crippen molar-refractivity contribution < 1.29 is 9.90 Å². The quantitative estimate of drug-likeness (QED) is 0.850. The van der Waals surface area contributed by atoms with Crippen LogP contribution in [-0.2, 0) is 4.79 Å². The molecule has 0 spiro atoms. The van der Waals surface area contributed by atoms with Crippen molar-refractivity contribution in [1.29, 1.82) is 0 Å². The third kappa shape index (κ3) is 3.35. The summed E-state index contributed by atoms with van der Waals surface area (Å²) in [7, 11) is 0. The summed E-state index contributed by atoms with van der Waals surface area (Å²) in [4.78, 5) is 18.3. The van der Waals surface area contributed by atoms with Crippen molar-refractivity contribution in [1.82, 2.24) is 14.5 Å². The van der Waals surface area contributed by atoms with E-state index in [9.17, 15) is 9.90 Å². The molecule has 1 N–H and O–H groups in total. The third-order valence-corrected chi connectivity index (χ3v) is 3.89. The van der Waals surface area contributed by atoms with Gasteiger partial charge >= 0.3 is 0 Å². The first kappa shape index (κ1) is 14.1. The predicted molar refractivity (Wildman–Crippen MR) is 72.6 cm³/mol. The Labute approximate surface area is 114 Å². The number of imidazole rings is 1. The summed E-state index contributed by atoms with van der Waals surface area (Å²) in [5, 5.41) is 9.30. The van der Waals surface area contributed by atoms with Crippen molar-refractivity contribution in [3.63, 3.8) is 0 Å². The molecule has 0 radical (unpaired) electrons. The number of likely N-dealkylation sites (tertiary alicyclic amines) is 1. The lowest BCUT2D eigenvalue weighted by Crippen LogP contribution is -2.38. The number of rotatable bonds is 6. The highest BCUT2D eigenvalue weighted by Gasteiger charge is 2.29. The fraction of sp³-hybridized carbons (Fsp3) is 0.714. The highest BCUT2D eigenvalue weighted by atomic mass is 16.3. The third-order valence-electron chi connectivity index (χ3n) is 3.89. The van der Waals surface area contributed by atoms with Gasteiger partial charge in [0, 0.05) is 31.4 Å². The highest BCUT2D eigenvalue weighted by Crippen LogP contribution is 2.23. The summed E-state index contributed by atoms with van der Waals surface area (Å²) >= 11 is 0. The van der Waals surface area contributed by atoms with Crippen LogP contribution < -0.4 is 0 Å². The molecule has 0 aliphatic carbocycles. The molecule has 2 heterocycles. The normalized spacial score (nSPS) is 20.7. The number of aromatic nitrogens is 2. The summed E-state index contributed by atoms with van der Waals surface area (Å²) in [6.07, 6.45) is 9.88. The van der Waals surface area contributed by atoms with Crippen molar-refractivity contribution >= 4 is 5.91 Å². The Morgan fingerprint density at radius 3 is 3.05 bits per heavy atom. The van der Waals surface area contributed by atoms with Crippen LogP contribution in [0.25, 0.3) is 0 Å². The molecular weight excluding hydrogens is 242 g/mol. The van der Waals surface area contributed by atoms with E-state index in [0.29, 0.717) is 6.42 Å². The van der Waals surface area contributed by atoms with Crippen LogP contribution in [0, 0.1) is 0 Å². The number of aliphatic hydroxyl groups excluding tert-OH is 1. The second-order valence-electron chi connectivity index (χ2n) is 5.22. The minimum atomic E-state index is 0.0255. The number of hydrogen-bond acceptors (Lipinski definition) is 3. The number of carbonyl (C=O) groups excluding carboxylic acids is 1. The molecule has 0 saturated carbocycles. The molecule has 1 fully saturated rings. The van der Waals surface area contributed by atoms with E-state index in [4.69, 9.17) is 0 Å². The van der Waals surface area contributed by atoms with E-state index in [1.807, 2.05) is 15.7 Å². The fourth-order valence-electron chi connectivity index (χ4n) is 2.85. The Morgan fingerprint density at radius 2 is 2.42 bits per heavy atom. The van der Waals surface area contributed by atoms with E-state index < -0.39 is 0 Å². The Balaban J connectivity index is 1.99. The number of nitrogens with zero attached hydrogens (tertiary/aromatic N) is 3. The van der Waals surface area contributed by atoms with Gasteiger partial charge in [0.05, 0.1) is 19.0 Å². The summed E-state index contributed by atoms with van der Waals surface area (Å²) in [5.41, 5.74) is 0. The molecule has 2 atom stereocenters. The van der Waals surface area contributed by atoms with Gasteiger partial charge in [0.1, 0.15) is 0 Å². The maximum Gasteiger partial charge on any atom is 0.224 e. The second kappa shape index (κ2) is 6.70. The lowest BCUT2D eigenvalue weighted by Gasteiger charge is -2.26. The average Bonchev–Trinajstić information content (AvgIpc) is 3.09. The number of aliphatic hydroxyl groups is 1. The second-order valence-corrected chi connectivity index (χ2v) is 5.22. The number of amides is 1. The van der Waals surface area contributed by atoms with Crippen molar-refractivity contribution in [2.75, 3.05) is 13.2 Å². The maximum absolute atomic E-state index is 12.4. The van der Waals surface area contributed by atoms with Crippen LogP contribution in [0.4, 0.5) is 0 Å². The summed E-state index contributed by atoms with van der Waals surface area (Å²) < 4.78 is 2.02. The van der Waals surface area contributed by atoms with E-state index in [-0.39, 0.29) is 24.6 Å². The number of hydrogen-bond donors (Lipinski definition) is 1. The van der Waals surface area contributed by atoms with Crippen LogP contribution >= 0.6 is 0 Å². The topological polar surface area (TPSA) is 58.4 Å². The average molecular weight is 265 g/mol. The molecule has 19 heavy (non-hydrogen) atoms. The number of carbonyl (C=O) groups is 1. The van der Waals surface area contributed by atoms with E-state index in [1.165, 1.54) is 0 Å². The molecule has 1 aliphatic heterocycles. The van der Waals surface area contributed by atoms with Crippen molar-refractivity contribution in [3.8, 4) is 0 Å². The molecule has 1 aromatic rings. The predicted octanol–water partition coefficient (Wildman–Crippen LogP) is 1.60. The van der Waals surface area contributed by atoms with Crippen molar-refractivity contribution in [2.45, 2.75) is 51.1 Å². The Kier molecular flexibility index (Phi) is 4.96. The van der Waals surface area contributed by atoms with Gasteiger partial charge in [-0.2, -0.15) is 0 Å². The zero-order valence-corrected chi connectivity index (χ0v) is 11.5. The molecule has 0 bridgehead atoms. The molecule has 1 aliphatic rings. The van der Waals surface area contributed by atoms with Gasteiger partial charge in [-0.05, 0) is 19.3 Å². The van der Waals surface area contributed by atoms with E-state index in [1.54, 1.807) is 12.5 Å². The van der Waals surface area contributed by atoms with Gasteiger partial charge in [-0.25, -0.2) is 4.98 Å². The zero-order chi connectivity index (χ0) is 13.7. The van der Waals surface area contributed by atoms with Crippen LogP contribution in [0.3, 0.4) is 0 Å². The molecule has 1 amide bonds. The molecular formula is C14H23N3O2. The van der Waals surface area contributed by atoms with E-state index in [0.717, 1.165) is 32.2 Å². The fourth-order valence-corrected chi connectivity index (χ4v) is 2.85. The molecule has 0 aromatic carbocycles. The summed E-state index contributed by atoms with van der Waals surface area (Å²) in [5.74, 6) is 0.156. The summed E-state index contributed by atoms with van der Waals surface area (Å²) in [6, 6.07) is 0.206. The van der Waals surface area contributed by atoms with Gasteiger partial charge in [0.2, 0.25) is 5.91 Å². The first-order valence-corrected chi connectivity index (χ1v) is 7.14. The van der Waals surface area contributed by atoms with Crippen LogP contribution in [0.15, 0.2) is 18.7 Å². The minimum Gasteiger partial charge on any atom is -0.394 e. The van der Waals surface area contributed by atoms with Crippen molar-refractivity contribution in [3.05, 3.63) is 18.7 Å². The maximum atomic E-state index is 12.4. The zero-order valence-electron chi connectivity index (χ0n) is 11.5. The monoisotopic (exact) mass is 265 g/mol. The SMILES string of the molecule is CCCC(CC(=O)N1CCCC1CO)n1ccnc1. The van der Waals surface area contributed by atoms with Gasteiger partial charge in [0.25, 0.3) is 0 Å².